The Labute approximate surface area is 174 Å². The first-order valence-electron chi connectivity index (χ1n) is 9.28. The number of amides is 1. The molecule has 0 atom stereocenters. The van der Waals surface area contributed by atoms with Crippen molar-refractivity contribution in [1.82, 2.24) is 16.0 Å². The van der Waals surface area contributed by atoms with E-state index in [1.165, 1.54) is 31.3 Å². The van der Waals surface area contributed by atoms with Crippen LogP contribution in [0.4, 0.5) is 0 Å². The fourth-order valence-electron chi connectivity index (χ4n) is 2.82. The Bertz CT molecular complexity index is 587. The Hall–Kier alpha value is -1.57. The van der Waals surface area contributed by atoms with Crippen molar-refractivity contribution in [3.8, 4) is 0 Å². The maximum atomic E-state index is 12.0. The first-order valence-corrected chi connectivity index (χ1v) is 9.28. The summed E-state index contributed by atoms with van der Waals surface area (Å²) in [5, 5.41) is 9.40. The molecule has 0 saturated heterocycles. The molecule has 0 fully saturated rings. The number of hydrogen-bond donors (Lipinski definition) is 3. The van der Waals surface area contributed by atoms with Gasteiger partial charge in [0.15, 0.2) is 5.96 Å². The van der Waals surface area contributed by atoms with Crippen LogP contribution in [0.5, 0.6) is 0 Å². The molecule has 0 saturated carbocycles. The highest BCUT2D eigenvalue weighted by Gasteiger charge is 2.05. The molecule has 2 rings (SSSR count). The molecule has 0 spiro atoms. The van der Waals surface area contributed by atoms with Gasteiger partial charge in [0.25, 0.3) is 0 Å². The van der Waals surface area contributed by atoms with Crippen molar-refractivity contribution in [2.24, 2.45) is 4.99 Å². The summed E-state index contributed by atoms with van der Waals surface area (Å²) in [5.41, 5.74) is 2.63. The van der Waals surface area contributed by atoms with Gasteiger partial charge in [-0.15, -0.1) is 24.0 Å². The third kappa shape index (κ3) is 9.22. The highest BCUT2D eigenvalue weighted by atomic mass is 127. The quantitative estimate of drug-likeness (QED) is 0.236. The zero-order valence-corrected chi connectivity index (χ0v) is 17.9. The summed E-state index contributed by atoms with van der Waals surface area (Å²) in [6.07, 6.45) is 8.47. The van der Waals surface area contributed by atoms with E-state index in [-0.39, 0.29) is 36.4 Å². The van der Waals surface area contributed by atoms with Crippen molar-refractivity contribution in [3.05, 3.63) is 47.5 Å². The summed E-state index contributed by atoms with van der Waals surface area (Å²) in [6.45, 7) is 4.32. The number of guanidine groups is 1. The Kier molecular flexibility index (Phi) is 11.8. The standard InChI is InChI=1S/C20H30N4O.HI/c1-2-21-20(22-14-13-17-9-5-3-6-10-17)24-16-19(25)23-15-18-11-7-4-8-12-18;/h4,7-9,11-12H,2-3,5-6,10,13-16H2,1H3,(H,23,25)(H2,21,22,24);1H. The van der Waals surface area contributed by atoms with Crippen molar-refractivity contribution in [2.45, 2.75) is 45.6 Å². The lowest BCUT2D eigenvalue weighted by Crippen LogP contribution is -2.39. The van der Waals surface area contributed by atoms with Gasteiger partial charge in [-0.1, -0.05) is 42.0 Å². The second kappa shape index (κ2) is 13.6. The molecule has 5 nitrogen and oxygen atoms in total. The number of halogens is 1. The second-order valence-corrected chi connectivity index (χ2v) is 6.24. The number of nitrogens with one attached hydrogen (secondary N) is 3. The zero-order chi connectivity index (χ0) is 17.7. The van der Waals surface area contributed by atoms with Gasteiger partial charge >= 0.3 is 0 Å². The van der Waals surface area contributed by atoms with Crippen LogP contribution in [-0.2, 0) is 11.3 Å². The van der Waals surface area contributed by atoms with E-state index < -0.39 is 0 Å². The number of nitrogens with zero attached hydrogens (tertiary/aromatic N) is 1. The predicted octanol–water partition coefficient (Wildman–Crippen LogP) is 3.37. The number of aliphatic imine (C=N–C) groups is 1. The molecule has 1 aromatic carbocycles. The first kappa shape index (κ1) is 22.5. The van der Waals surface area contributed by atoms with E-state index in [0.717, 1.165) is 25.1 Å². The highest BCUT2D eigenvalue weighted by molar-refractivity contribution is 14.0. The lowest BCUT2D eigenvalue weighted by molar-refractivity contribution is -0.119. The number of hydrogen-bond acceptors (Lipinski definition) is 2. The monoisotopic (exact) mass is 470 g/mol. The molecular formula is C20H31IN4O. The predicted molar refractivity (Wildman–Crippen MR) is 119 cm³/mol. The molecule has 1 aromatic rings. The van der Waals surface area contributed by atoms with Crippen LogP contribution in [-0.4, -0.2) is 31.5 Å². The van der Waals surface area contributed by atoms with Gasteiger partial charge in [-0.3, -0.25) is 4.79 Å². The maximum absolute atomic E-state index is 12.0. The minimum absolute atomic E-state index is 0. The average Bonchev–Trinajstić information content (AvgIpc) is 2.66. The normalized spacial score (nSPS) is 14.0. The summed E-state index contributed by atoms with van der Waals surface area (Å²) in [5.74, 6) is 0.629. The third-order valence-electron chi connectivity index (χ3n) is 4.18. The number of benzene rings is 1. The van der Waals surface area contributed by atoms with E-state index in [0.29, 0.717) is 12.5 Å². The van der Waals surface area contributed by atoms with Gasteiger partial charge in [0, 0.05) is 19.6 Å². The maximum Gasteiger partial charge on any atom is 0.242 e. The van der Waals surface area contributed by atoms with E-state index in [1.807, 2.05) is 37.3 Å². The fourth-order valence-corrected chi connectivity index (χ4v) is 2.82. The summed E-state index contributed by atoms with van der Waals surface area (Å²) < 4.78 is 0. The SMILES string of the molecule is CCNC(=NCC(=O)NCc1ccccc1)NCCC1=CCCCC1.I. The molecule has 1 aliphatic rings. The van der Waals surface area contributed by atoms with E-state index >= 15 is 0 Å². The number of allylic oxidation sites excluding steroid dienone is 1. The van der Waals surface area contributed by atoms with Gasteiger partial charge in [0.1, 0.15) is 6.54 Å². The molecule has 0 heterocycles. The molecule has 1 amide bonds. The first-order chi connectivity index (χ1) is 12.3. The van der Waals surface area contributed by atoms with Crippen LogP contribution in [0.2, 0.25) is 0 Å². The van der Waals surface area contributed by atoms with Crippen LogP contribution >= 0.6 is 24.0 Å². The van der Waals surface area contributed by atoms with Crippen LogP contribution in [0.1, 0.15) is 44.6 Å². The van der Waals surface area contributed by atoms with Crippen molar-refractivity contribution in [3.63, 3.8) is 0 Å². The molecule has 0 aliphatic heterocycles. The smallest absolute Gasteiger partial charge is 0.242 e. The molecule has 1 aliphatic carbocycles. The largest absolute Gasteiger partial charge is 0.357 e. The van der Waals surface area contributed by atoms with Crippen molar-refractivity contribution >= 4 is 35.8 Å². The minimum atomic E-state index is -0.0731. The number of carbonyl (C=O) groups is 1. The fraction of sp³-hybridized carbons (Fsp3) is 0.500. The highest BCUT2D eigenvalue weighted by Crippen LogP contribution is 2.19. The van der Waals surface area contributed by atoms with Crippen molar-refractivity contribution < 1.29 is 4.79 Å². The van der Waals surface area contributed by atoms with Gasteiger partial charge in [-0.2, -0.15) is 0 Å². The third-order valence-corrected chi connectivity index (χ3v) is 4.18. The Morgan fingerprint density at radius 3 is 2.62 bits per heavy atom. The number of carbonyl (C=O) groups excluding carboxylic acids is 1. The minimum Gasteiger partial charge on any atom is -0.357 e. The Balaban J connectivity index is 0.00000338. The molecule has 0 aromatic heterocycles. The van der Waals surface area contributed by atoms with Crippen LogP contribution in [0.15, 0.2) is 47.0 Å². The lowest BCUT2D eigenvalue weighted by Gasteiger charge is -2.15. The van der Waals surface area contributed by atoms with Gasteiger partial charge < -0.3 is 16.0 Å². The summed E-state index contributed by atoms with van der Waals surface area (Å²) >= 11 is 0. The van der Waals surface area contributed by atoms with Crippen LogP contribution < -0.4 is 16.0 Å². The topological polar surface area (TPSA) is 65.5 Å². The number of rotatable bonds is 8. The van der Waals surface area contributed by atoms with Gasteiger partial charge in [0.05, 0.1) is 0 Å². The average molecular weight is 470 g/mol. The van der Waals surface area contributed by atoms with Gasteiger partial charge in [-0.25, -0.2) is 4.99 Å². The van der Waals surface area contributed by atoms with Crippen LogP contribution in [0, 0.1) is 0 Å². The molecule has 144 valence electrons. The molecule has 0 unspecified atom stereocenters. The molecule has 0 bridgehead atoms. The van der Waals surface area contributed by atoms with Crippen LogP contribution in [0.3, 0.4) is 0 Å². The van der Waals surface area contributed by atoms with E-state index in [2.05, 4.69) is 27.0 Å². The molecule has 3 N–H and O–H groups in total. The zero-order valence-electron chi connectivity index (χ0n) is 15.6. The van der Waals surface area contributed by atoms with Gasteiger partial charge in [-0.05, 0) is 44.6 Å². The van der Waals surface area contributed by atoms with Gasteiger partial charge in [0.2, 0.25) is 5.91 Å². The van der Waals surface area contributed by atoms with E-state index in [9.17, 15) is 4.79 Å². The Morgan fingerprint density at radius 1 is 1.12 bits per heavy atom. The van der Waals surface area contributed by atoms with Crippen LogP contribution in [0.25, 0.3) is 0 Å². The van der Waals surface area contributed by atoms with Crippen molar-refractivity contribution in [2.75, 3.05) is 19.6 Å². The molecular weight excluding hydrogens is 439 g/mol. The van der Waals surface area contributed by atoms with E-state index in [1.54, 1.807) is 0 Å². The lowest BCUT2D eigenvalue weighted by atomic mass is 9.97. The molecule has 26 heavy (non-hydrogen) atoms. The second-order valence-electron chi connectivity index (χ2n) is 6.24. The molecule has 0 radical (unpaired) electrons. The Morgan fingerprint density at radius 2 is 1.92 bits per heavy atom. The summed E-state index contributed by atoms with van der Waals surface area (Å²) in [7, 11) is 0. The van der Waals surface area contributed by atoms with E-state index in [4.69, 9.17) is 0 Å². The molecule has 6 heteroatoms. The summed E-state index contributed by atoms with van der Waals surface area (Å²) in [4.78, 5) is 16.3. The summed E-state index contributed by atoms with van der Waals surface area (Å²) in [6, 6.07) is 9.89. The van der Waals surface area contributed by atoms with Crippen molar-refractivity contribution in [1.29, 1.82) is 0 Å².